The van der Waals surface area contributed by atoms with Gasteiger partial charge in [-0.1, -0.05) is 25.1 Å². The predicted octanol–water partition coefficient (Wildman–Crippen LogP) is 1.73. The molecule has 0 aliphatic carbocycles. The standard InChI is InChI=1S/C15H23N3O2/c1-4-13(16)9-15(20)17-14-8-6-5-7-12(14)10-18(3)11(2)19/h5-8,13H,4,9-10,16H2,1-3H3,(H,17,20). The van der Waals surface area contributed by atoms with Crippen molar-refractivity contribution in [2.24, 2.45) is 5.73 Å². The van der Waals surface area contributed by atoms with Crippen molar-refractivity contribution < 1.29 is 9.59 Å². The van der Waals surface area contributed by atoms with Gasteiger partial charge in [0.1, 0.15) is 0 Å². The Morgan fingerprint density at radius 2 is 2.00 bits per heavy atom. The normalized spacial score (nSPS) is 11.8. The zero-order valence-electron chi connectivity index (χ0n) is 12.3. The first-order chi connectivity index (χ1) is 9.43. The molecule has 3 N–H and O–H groups in total. The molecule has 20 heavy (non-hydrogen) atoms. The highest BCUT2D eigenvalue weighted by Crippen LogP contribution is 2.17. The molecule has 0 fully saturated rings. The van der Waals surface area contributed by atoms with Crippen molar-refractivity contribution in [1.29, 1.82) is 0 Å². The largest absolute Gasteiger partial charge is 0.342 e. The van der Waals surface area contributed by atoms with E-state index in [0.29, 0.717) is 13.0 Å². The van der Waals surface area contributed by atoms with Gasteiger partial charge in [-0.2, -0.15) is 0 Å². The van der Waals surface area contributed by atoms with E-state index in [1.807, 2.05) is 31.2 Å². The highest BCUT2D eigenvalue weighted by atomic mass is 16.2. The van der Waals surface area contributed by atoms with Crippen LogP contribution >= 0.6 is 0 Å². The Balaban J connectivity index is 2.75. The van der Waals surface area contributed by atoms with Crippen LogP contribution < -0.4 is 11.1 Å². The molecular formula is C15H23N3O2. The molecule has 2 amide bonds. The number of hydrogen-bond donors (Lipinski definition) is 2. The lowest BCUT2D eigenvalue weighted by atomic mass is 10.1. The van der Waals surface area contributed by atoms with Gasteiger partial charge >= 0.3 is 0 Å². The maximum absolute atomic E-state index is 11.9. The maximum Gasteiger partial charge on any atom is 0.225 e. The molecule has 0 bridgehead atoms. The number of nitrogens with one attached hydrogen (secondary N) is 1. The minimum Gasteiger partial charge on any atom is -0.342 e. The lowest BCUT2D eigenvalue weighted by Crippen LogP contribution is -2.27. The van der Waals surface area contributed by atoms with Gasteiger partial charge in [0.15, 0.2) is 0 Å². The number of benzene rings is 1. The molecule has 0 aliphatic heterocycles. The van der Waals surface area contributed by atoms with E-state index in [1.165, 1.54) is 6.92 Å². The summed E-state index contributed by atoms with van der Waals surface area (Å²) in [6.07, 6.45) is 1.07. The van der Waals surface area contributed by atoms with Gasteiger partial charge in [-0.15, -0.1) is 0 Å². The second kappa shape index (κ2) is 7.65. The van der Waals surface area contributed by atoms with Gasteiger partial charge in [0.05, 0.1) is 0 Å². The zero-order chi connectivity index (χ0) is 15.1. The molecule has 1 atom stereocenters. The number of nitrogens with zero attached hydrogens (tertiary/aromatic N) is 1. The highest BCUT2D eigenvalue weighted by Gasteiger charge is 2.11. The Morgan fingerprint density at radius 1 is 1.35 bits per heavy atom. The summed E-state index contributed by atoms with van der Waals surface area (Å²) in [6, 6.07) is 7.35. The highest BCUT2D eigenvalue weighted by molar-refractivity contribution is 5.91. The Morgan fingerprint density at radius 3 is 2.60 bits per heavy atom. The number of para-hydroxylation sites is 1. The lowest BCUT2D eigenvalue weighted by molar-refractivity contribution is -0.128. The predicted molar refractivity (Wildman–Crippen MR) is 80.1 cm³/mol. The van der Waals surface area contributed by atoms with E-state index in [9.17, 15) is 9.59 Å². The molecule has 0 heterocycles. The van der Waals surface area contributed by atoms with Crippen LogP contribution in [-0.4, -0.2) is 29.8 Å². The van der Waals surface area contributed by atoms with Crippen molar-refractivity contribution in [3.05, 3.63) is 29.8 Å². The molecule has 0 saturated heterocycles. The molecule has 0 spiro atoms. The van der Waals surface area contributed by atoms with E-state index < -0.39 is 0 Å². The Bertz CT molecular complexity index is 474. The summed E-state index contributed by atoms with van der Waals surface area (Å²) in [4.78, 5) is 24.8. The summed E-state index contributed by atoms with van der Waals surface area (Å²) in [5.74, 6) is -0.114. The van der Waals surface area contributed by atoms with Crippen molar-refractivity contribution in [1.82, 2.24) is 4.90 Å². The number of hydrogen-bond acceptors (Lipinski definition) is 3. The third-order valence-electron chi connectivity index (χ3n) is 3.21. The number of nitrogens with two attached hydrogens (primary N) is 1. The topological polar surface area (TPSA) is 75.4 Å². The average molecular weight is 277 g/mol. The number of anilines is 1. The molecule has 1 unspecified atom stereocenters. The van der Waals surface area contributed by atoms with Crippen molar-refractivity contribution >= 4 is 17.5 Å². The Kier molecular flexibility index (Phi) is 6.18. The van der Waals surface area contributed by atoms with Crippen molar-refractivity contribution in [3.8, 4) is 0 Å². The minimum atomic E-state index is -0.123. The van der Waals surface area contributed by atoms with Crippen LogP contribution in [0.1, 0.15) is 32.3 Å². The first-order valence-corrected chi connectivity index (χ1v) is 6.79. The summed E-state index contributed by atoms with van der Waals surface area (Å²) in [7, 11) is 1.73. The lowest BCUT2D eigenvalue weighted by Gasteiger charge is -2.18. The molecule has 5 nitrogen and oxygen atoms in total. The molecule has 0 saturated carbocycles. The molecule has 1 aromatic rings. The van der Waals surface area contributed by atoms with E-state index in [-0.39, 0.29) is 17.9 Å². The number of carbonyl (C=O) groups excluding carboxylic acids is 2. The summed E-state index contributed by atoms with van der Waals surface area (Å²) < 4.78 is 0. The van der Waals surface area contributed by atoms with Gasteiger partial charge in [0.2, 0.25) is 11.8 Å². The van der Waals surface area contributed by atoms with Crippen LogP contribution in [-0.2, 0) is 16.1 Å². The smallest absolute Gasteiger partial charge is 0.225 e. The average Bonchev–Trinajstić information content (AvgIpc) is 2.40. The van der Waals surface area contributed by atoms with Crippen molar-refractivity contribution in [3.63, 3.8) is 0 Å². The van der Waals surface area contributed by atoms with Crippen LogP contribution in [0.2, 0.25) is 0 Å². The second-order valence-electron chi connectivity index (χ2n) is 4.95. The summed E-state index contributed by atoms with van der Waals surface area (Å²) >= 11 is 0. The third kappa shape index (κ3) is 5.01. The summed E-state index contributed by atoms with van der Waals surface area (Å²) in [5, 5.41) is 2.86. The van der Waals surface area contributed by atoms with Gasteiger partial charge < -0.3 is 16.0 Å². The van der Waals surface area contributed by atoms with E-state index >= 15 is 0 Å². The van der Waals surface area contributed by atoms with Crippen LogP contribution in [0.4, 0.5) is 5.69 Å². The van der Waals surface area contributed by atoms with E-state index in [0.717, 1.165) is 17.7 Å². The van der Waals surface area contributed by atoms with E-state index in [4.69, 9.17) is 5.73 Å². The zero-order valence-corrected chi connectivity index (χ0v) is 12.3. The van der Waals surface area contributed by atoms with E-state index in [1.54, 1.807) is 11.9 Å². The molecule has 0 aromatic heterocycles. The van der Waals surface area contributed by atoms with Crippen LogP contribution in [0.5, 0.6) is 0 Å². The van der Waals surface area contributed by atoms with Crippen molar-refractivity contribution in [2.45, 2.75) is 39.3 Å². The van der Waals surface area contributed by atoms with E-state index in [2.05, 4.69) is 5.32 Å². The molecule has 0 aliphatic rings. The third-order valence-corrected chi connectivity index (χ3v) is 3.21. The van der Waals surface area contributed by atoms with Crippen LogP contribution in [0.3, 0.4) is 0 Å². The second-order valence-corrected chi connectivity index (χ2v) is 4.95. The summed E-state index contributed by atoms with van der Waals surface area (Å²) in [6.45, 7) is 3.93. The monoisotopic (exact) mass is 277 g/mol. The van der Waals surface area contributed by atoms with Gasteiger partial charge in [0.25, 0.3) is 0 Å². The fourth-order valence-corrected chi connectivity index (χ4v) is 1.73. The quantitative estimate of drug-likeness (QED) is 0.831. The molecule has 5 heteroatoms. The molecular weight excluding hydrogens is 254 g/mol. The first-order valence-electron chi connectivity index (χ1n) is 6.79. The Hall–Kier alpha value is -1.88. The van der Waals surface area contributed by atoms with Gasteiger partial charge in [-0.05, 0) is 18.1 Å². The van der Waals surface area contributed by atoms with Gasteiger partial charge in [-0.25, -0.2) is 0 Å². The number of rotatable bonds is 6. The van der Waals surface area contributed by atoms with Crippen molar-refractivity contribution in [2.75, 3.05) is 12.4 Å². The van der Waals surface area contributed by atoms with Crippen LogP contribution in [0, 0.1) is 0 Å². The molecule has 1 aromatic carbocycles. The fraction of sp³-hybridized carbons (Fsp3) is 0.467. The first kappa shape index (κ1) is 16.2. The SMILES string of the molecule is CCC(N)CC(=O)Nc1ccccc1CN(C)C(C)=O. The maximum atomic E-state index is 11.9. The van der Waals surface area contributed by atoms with Crippen LogP contribution in [0.15, 0.2) is 24.3 Å². The number of amides is 2. The van der Waals surface area contributed by atoms with Gasteiger partial charge in [-0.3, -0.25) is 9.59 Å². The molecule has 1 rings (SSSR count). The Labute approximate surface area is 120 Å². The fourth-order valence-electron chi connectivity index (χ4n) is 1.73. The van der Waals surface area contributed by atoms with Crippen LogP contribution in [0.25, 0.3) is 0 Å². The van der Waals surface area contributed by atoms with Gasteiger partial charge in [0, 0.05) is 38.7 Å². The number of carbonyl (C=O) groups is 2. The minimum absolute atomic E-state index is 0.0147. The molecule has 110 valence electrons. The summed E-state index contributed by atoms with van der Waals surface area (Å²) in [5.41, 5.74) is 7.41. The molecule has 0 radical (unpaired) electrons.